The number of hydrogen-bond acceptors (Lipinski definition) is 2. The Kier molecular flexibility index (Phi) is 5.31. The number of nitrogens with one attached hydrogen (secondary N) is 1. The number of halogens is 2. The molecule has 0 bridgehead atoms. The van der Waals surface area contributed by atoms with Gasteiger partial charge in [0.05, 0.1) is 15.7 Å². The van der Waals surface area contributed by atoms with Gasteiger partial charge in [-0.25, -0.2) is 9.59 Å². The van der Waals surface area contributed by atoms with Gasteiger partial charge in [0, 0.05) is 6.54 Å². The van der Waals surface area contributed by atoms with Crippen molar-refractivity contribution in [1.82, 2.24) is 4.90 Å². The second-order valence-electron chi connectivity index (χ2n) is 4.93. The fourth-order valence-electron chi connectivity index (χ4n) is 2.40. The third-order valence-electron chi connectivity index (χ3n) is 3.49. The zero-order valence-corrected chi connectivity index (χ0v) is 12.8. The van der Waals surface area contributed by atoms with E-state index in [1.54, 1.807) is 18.2 Å². The largest absolute Gasteiger partial charge is 0.480 e. The van der Waals surface area contributed by atoms with Gasteiger partial charge >= 0.3 is 12.0 Å². The lowest BCUT2D eigenvalue weighted by Gasteiger charge is -2.27. The van der Waals surface area contributed by atoms with Crippen molar-refractivity contribution in [3.8, 4) is 0 Å². The van der Waals surface area contributed by atoms with E-state index in [-0.39, 0.29) is 5.02 Å². The Morgan fingerprint density at radius 2 is 2.00 bits per heavy atom. The van der Waals surface area contributed by atoms with Crippen molar-refractivity contribution in [1.29, 1.82) is 0 Å². The molecule has 2 amide bonds. The summed E-state index contributed by atoms with van der Waals surface area (Å²) >= 11 is 11.9. The summed E-state index contributed by atoms with van der Waals surface area (Å²) in [6.07, 6.45) is 2.98. The summed E-state index contributed by atoms with van der Waals surface area (Å²) in [5, 5.41) is 12.5. The van der Waals surface area contributed by atoms with Crippen molar-refractivity contribution >= 4 is 40.9 Å². The van der Waals surface area contributed by atoms with E-state index in [4.69, 9.17) is 23.2 Å². The van der Waals surface area contributed by atoms with Crippen LogP contribution in [0.5, 0.6) is 0 Å². The van der Waals surface area contributed by atoms with Gasteiger partial charge in [-0.15, -0.1) is 0 Å². The van der Waals surface area contributed by atoms with E-state index in [9.17, 15) is 14.7 Å². The molecule has 1 aliphatic heterocycles. The van der Waals surface area contributed by atoms with Crippen LogP contribution in [0.2, 0.25) is 10.0 Å². The molecule has 7 heteroatoms. The summed E-state index contributed by atoms with van der Waals surface area (Å²) in [6.45, 7) is 0.418. The number of likely N-dealkylation sites (tertiary alicyclic amines) is 1. The molecule has 2 N–H and O–H groups in total. The monoisotopic (exact) mass is 330 g/mol. The minimum atomic E-state index is -0.982. The second kappa shape index (κ2) is 7.00. The molecule has 0 aromatic heterocycles. The lowest BCUT2D eigenvalue weighted by molar-refractivity contribution is -0.142. The lowest BCUT2D eigenvalue weighted by Crippen LogP contribution is -2.46. The van der Waals surface area contributed by atoms with Crippen LogP contribution in [-0.4, -0.2) is 34.6 Å². The molecule has 1 aromatic rings. The van der Waals surface area contributed by atoms with E-state index in [1.165, 1.54) is 4.90 Å². The Morgan fingerprint density at radius 3 is 2.71 bits per heavy atom. The standard InChI is InChI=1S/C14H16Cl2N2O3/c15-9-5-4-6-10(12(9)16)17-14(21)18-8-3-1-2-7-11(18)13(19)20/h4-6,11H,1-3,7-8H2,(H,17,21)(H,19,20). The van der Waals surface area contributed by atoms with Crippen LogP contribution in [0.3, 0.4) is 0 Å². The number of aliphatic carboxylic acids is 1. The quantitative estimate of drug-likeness (QED) is 0.865. The average Bonchev–Trinajstić information content (AvgIpc) is 2.69. The summed E-state index contributed by atoms with van der Waals surface area (Å²) in [6, 6.07) is 3.64. The van der Waals surface area contributed by atoms with E-state index in [0.717, 1.165) is 19.3 Å². The number of nitrogens with zero attached hydrogens (tertiary/aromatic N) is 1. The number of carbonyl (C=O) groups is 2. The molecule has 2 rings (SSSR count). The molecule has 0 radical (unpaired) electrons. The highest BCUT2D eigenvalue weighted by Gasteiger charge is 2.31. The number of urea groups is 1. The summed E-state index contributed by atoms with van der Waals surface area (Å²) in [4.78, 5) is 25.0. The van der Waals surface area contributed by atoms with Crippen molar-refractivity contribution in [3.05, 3.63) is 28.2 Å². The Bertz CT molecular complexity index is 551. The van der Waals surface area contributed by atoms with Crippen LogP contribution in [0, 0.1) is 0 Å². The van der Waals surface area contributed by atoms with Crippen LogP contribution in [0.25, 0.3) is 0 Å². The SMILES string of the molecule is O=C(O)C1CCCCCN1C(=O)Nc1cccc(Cl)c1Cl. The van der Waals surface area contributed by atoms with Gasteiger partial charge in [0.25, 0.3) is 0 Å². The fourth-order valence-corrected chi connectivity index (χ4v) is 2.74. The van der Waals surface area contributed by atoms with Crippen molar-refractivity contribution in [2.75, 3.05) is 11.9 Å². The van der Waals surface area contributed by atoms with E-state index in [2.05, 4.69) is 5.32 Å². The zero-order chi connectivity index (χ0) is 15.4. The van der Waals surface area contributed by atoms with Crippen molar-refractivity contribution in [2.45, 2.75) is 31.7 Å². The third-order valence-corrected chi connectivity index (χ3v) is 4.31. The first-order valence-corrected chi connectivity index (χ1v) is 7.50. The molecule has 1 atom stereocenters. The van der Waals surface area contributed by atoms with Crippen LogP contribution < -0.4 is 5.32 Å². The molecule has 1 unspecified atom stereocenters. The maximum absolute atomic E-state index is 12.3. The number of carboxylic acid groups (broad SMARTS) is 1. The van der Waals surface area contributed by atoms with Gasteiger partial charge in [0.2, 0.25) is 0 Å². The van der Waals surface area contributed by atoms with Gasteiger partial charge in [-0.3, -0.25) is 0 Å². The molecule has 1 heterocycles. The highest BCUT2D eigenvalue weighted by molar-refractivity contribution is 6.43. The molecule has 1 aromatic carbocycles. The van der Waals surface area contributed by atoms with Gasteiger partial charge in [0.15, 0.2) is 0 Å². The first-order chi connectivity index (χ1) is 10.0. The van der Waals surface area contributed by atoms with Crippen molar-refractivity contribution in [2.24, 2.45) is 0 Å². The van der Waals surface area contributed by atoms with Crippen molar-refractivity contribution in [3.63, 3.8) is 0 Å². The number of benzene rings is 1. The van der Waals surface area contributed by atoms with Gasteiger partial charge in [-0.2, -0.15) is 0 Å². The minimum Gasteiger partial charge on any atom is -0.480 e. The summed E-state index contributed by atoms with van der Waals surface area (Å²) in [5.74, 6) is -0.982. The number of amides is 2. The first-order valence-electron chi connectivity index (χ1n) is 6.75. The summed E-state index contributed by atoms with van der Waals surface area (Å²) in [7, 11) is 0. The number of hydrogen-bond donors (Lipinski definition) is 2. The van der Waals surface area contributed by atoms with Gasteiger partial charge in [-0.05, 0) is 25.0 Å². The van der Waals surface area contributed by atoms with Gasteiger partial charge in [0.1, 0.15) is 6.04 Å². The van der Waals surface area contributed by atoms with Gasteiger partial charge < -0.3 is 15.3 Å². The maximum Gasteiger partial charge on any atom is 0.326 e. The minimum absolute atomic E-state index is 0.245. The fraction of sp³-hybridized carbons (Fsp3) is 0.429. The van der Waals surface area contributed by atoms with E-state index in [1.807, 2.05) is 0 Å². The highest BCUT2D eigenvalue weighted by atomic mass is 35.5. The normalized spacial score (nSPS) is 19.0. The van der Waals surface area contributed by atoms with E-state index < -0.39 is 18.0 Å². The maximum atomic E-state index is 12.3. The smallest absolute Gasteiger partial charge is 0.326 e. The summed E-state index contributed by atoms with van der Waals surface area (Å²) in [5.41, 5.74) is 0.377. The molecule has 0 saturated carbocycles. The predicted octanol–water partition coefficient (Wildman–Crippen LogP) is 3.85. The van der Waals surface area contributed by atoms with E-state index in [0.29, 0.717) is 23.7 Å². The average molecular weight is 331 g/mol. The van der Waals surface area contributed by atoms with Gasteiger partial charge in [-0.1, -0.05) is 42.1 Å². The lowest BCUT2D eigenvalue weighted by atomic mass is 10.1. The molecule has 1 fully saturated rings. The van der Waals surface area contributed by atoms with Crippen molar-refractivity contribution < 1.29 is 14.7 Å². The molecular weight excluding hydrogens is 315 g/mol. The van der Waals surface area contributed by atoms with Crippen LogP contribution in [0.15, 0.2) is 18.2 Å². The van der Waals surface area contributed by atoms with Crippen LogP contribution in [0.1, 0.15) is 25.7 Å². The second-order valence-corrected chi connectivity index (χ2v) is 5.71. The predicted molar refractivity (Wildman–Crippen MR) is 82.1 cm³/mol. The van der Waals surface area contributed by atoms with E-state index >= 15 is 0 Å². The molecular formula is C14H16Cl2N2O3. The molecule has 1 aliphatic rings. The molecule has 21 heavy (non-hydrogen) atoms. The number of carboxylic acids is 1. The Hall–Kier alpha value is -1.46. The summed E-state index contributed by atoms with van der Waals surface area (Å²) < 4.78 is 0. The Morgan fingerprint density at radius 1 is 1.24 bits per heavy atom. The Labute approximate surface area is 132 Å². The van der Waals surface area contributed by atoms with Crippen LogP contribution in [-0.2, 0) is 4.79 Å². The number of anilines is 1. The highest BCUT2D eigenvalue weighted by Crippen LogP contribution is 2.30. The molecule has 114 valence electrons. The molecule has 0 aliphatic carbocycles. The topological polar surface area (TPSA) is 69.6 Å². The first kappa shape index (κ1) is 15.9. The molecule has 0 spiro atoms. The zero-order valence-electron chi connectivity index (χ0n) is 11.3. The Balaban J connectivity index is 2.17. The number of rotatable bonds is 2. The third kappa shape index (κ3) is 3.80. The molecule has 1 saturated heterocycles. The van der Waals surface area contributed by atoms with Crippen LogP contribution in [0.4, 0.5) is 10.5 Å². The van der Waals surface area contributed by atoms with Crippen LogP contribution >= 0.6 is 23.2 Å². The molecule has 5 nitrogen and oxygen atoms in total. The number of carbonyl (C=O) groups excluding carboxylic acids is 1.